The van der Waals surface area contributed by atoms with Crippen molar-refractivity contribution in [2.24, 2.45) is 0 Å². The lowest BCUT2D eigenvalue weighted by molar-refractivity contribution is 0.600. The van der Waals surface area contributed by atoms with Crippen molar-refractivity contribution in [2.45, 2.75) is 12.8 Å². The first-order valence-corrected chi connectivity index (χ1v) is 8.98. The van der Waals surface area contributed by atoms with Crippen molar-refractivity contribution in [3.63, 3.8) is 0 Å². The van der Waals surface area contributed by atoms with Gasteiger partial charge in [-0.25, -0.2) is 8.42 Å². The van der Waals surface area contributed by atoms with Gasteiger partial charge >= 0.3 is 0 Å². The Hall–Kier alpha value is -1.52. The van der Waals surface area contributed by atoms with Gasteiger partial charge in [0.1, 0.15) is 0 Å². The number of alkyl halides is 1. The molecule has 0 fully saturated rings. The minimum Gasteiger partial charge on any atom is -0.283 e. The lowest BCUT2D eigenvalue weighted by Crippen LogP contribution is -2.18. The van der Waals surface area contributed by atoms with Gasteiger partial charge in [0.2, 0.25) is 10.0 Å². The first kappa shape index (κ1) is 15.9. The number of hydrogen-bond acceptors (Lipinski definition) is 2. The van der Waals surface area contributed by atoms with Crippen LogP contribution in [0.5, 0.6) is 0 Å². The highest BCUT2D eigenvalue weighted by Gasteiger charge is 2.12. The van der Waals surface area contributed by atoms with Crippen molar-refractivity contribution in [2.75, 3.05) is 16.4 Å². The minimum absolute atomic E-state index is 0.0379. The van der Waals surface area contributed by atoms with E-state index in [0.29, 0.717) is 24.4 Å². The molecule has 2 aromatic rings. The SMILES string of the molecule is O=S(=O)(CCCCl)Nc1ccccc1Cc1ccccc1. The molecule has 0 unspecified atom stereocenters. The summed E-state index contributed by atoms with van der Waals surface area (Å²) in [5.74, 6) is 0.378. The molecule has 2 rings (SSSR count). The van der Waals surface area contributed by atoms with Crippen molar-refractivity contribution in [1.82, 2.24) is 0 Å². The third kappa shape index (κ3) is 5.06. The minimum atomic E-state index is -3.35. The maximum Gasteiger partial charge on any atom is 0.232 e. The van der Waals surface area contributed by atoms with Gasteiger partial charge in [-0.1, -0.05) is 48.5 Å². The van der Waals surface area contributed by atoms with Gasteiger partial charge in [0.05, 0.1) is 11.4 Å². The van der Waals surface area contributed by atoms with E-state index in [1.807, 2.05) is 48.5 Å². The molecular formula is C16H18ClNO2S. The summed E-state index contributed by atoms with van der Waals surface area (Å²) in [4.78, 5) is 0. The van der Waals surface area contributed by atoms with E-state index in [2.05, 4.69) is 4.72 Å². The van der Waals surface area contributed by atoms with Crippen LogP contribution >= 0.6 is 11.6 Å². The van der Waals surface area contributed by atoms with Gasteiger partial charge in [0, 0.05) is 5.88 Å². The monoisotopic (exact) mass is 323 g/mol. The summed E-state index contributed by atoms with van der Waals surface area (Å²) in [5.41, 5.74) is 2.74. The third-order valence-electron chi connectivity index (χ3n) is 3.07. The van der Waals surface area contributed by atoms with Crippen molar-refractivity contribution in [1.29, 1.82) is 0 Å². The normalized spacial score (nSPS) is 11.3. The molecule has 1 N–H and O–H groups in total. The molecule has 5 heteroatoms. The van der Waals surface area contributed by atoms with Crippen molar-refractivity contribution < 1.29 is 8.42 Å². The zero-order chi connectivity index (χ0) is 15.1. The molecule has 0 atom stereocenters. The molecule has 112 valence electrons. The van der Waals surface area contributed by atoms with Crippen molar-refractivity contribution in [3.8, 4) is 0 Å². The van der Waals surface area contributed by atoms with Crippen molar-refractivity contribution in [3.05, 3.63) is 65.7 Å². The van der Waals surface area contributed by atoms with E-state index in [4.69, 9.17) is 11.6 Å². The summed E-state index contributed by atoms with van der Waals surface area (Å²) in [7, 11) is -3.35. The quantitative estimate of drug-likeness (QED) is 0.791. The largest absolute Gasteiger partial charge is 0.283 e. The fourth-order valence-electron chi connectivity index (χ4n) is 2.05. The number of benzene rings is 2. The topological polar surface area (TPSA) is 46.2 Å². The summed E-state index contributed by atoms with van der Waals surface area (Å²) in [6, 6.07) is 17.4. The van der Waals surface area contributed by atoms with Crippen LogP contribution in [0.4, 0.5) is 5.69 Å². The number of para-hydroxylation sites is 1. The second-order valence-electron chi connectivity index (χ2n) is 4.78. The number of sulfonamides is 1. The summed E-state index contributed by atoms with van der Waals surface area (Å²) in [6.07, 6.45) is 1.13. The van der Waals surface area contributed by atoms with E-state index < -0.39 is 10.0 Å². The maximum atomic E-state index is 12.0. The molecule has 0 radical (unpaired) electrons. The number of anilines is 1. The molecule has 0 amide bonds. The van der Waals surface area contributed by atoms with E-state index in [1.165, 1.54) is 0 Å². The second kappa shape index (κ2) is 7.48. The Morgan fingerprint density at radius 1 is 0.952 bits per heavy atom. The molecule has 2 aromatic carbocycles. The molecule has 0 bridgehead atoms. The molecule has 0 heterocycles. The predicted molar refractivity (Wildman–Crippen MR) is 88.4 cm³/mol. The second-order valence-corrected chi connectivity index (χ2v) is 7.00. The number of nitrogens with one attached hydrogen (secondary N) is 1. The Bertz CT molecular complexity index is 672. The zero-order valence-electron chi connectivity index (χ0n) is 11.6. The van der Waals surface area contributed by atoms with Crippen molar-refractivity contribution >= 4 is 27.3 Å². The molecule has 21 heavy (non-hydrogen) atoms. The standard InChI is InChI=1S/C16H18ClNO2S/c17-11-6-12-21(19,20)18-16-10-5-4-9-15(16)13-14-7-2-1-3-8-14/h1-5,7-10,18H,6,11-13H2. The van der Waals surface area contributed by atoms with Crippen LogP contribution in [-0.4, -0.2) is 20.1 Å². The van der Waals surface area contributed by atoms with Crippen LogP contribution in [0, 0.1) is 0 Å². The lowest BCUT2D eigenvalue weighted by Gasteiger charge is -2.12. The number of hydrogen-bond donors (Lipinski definition) is 1. The van der Waals surface area contributed by atoms with E-state index in [-0.39, 0.29) is 5.75 Å². The van der Waals surface area contributed by atoms with Crippen LogP contribution in [0.3, 0.4) is 0 Å². The van der Waals surface area contributed by atoms with Gasteiger partial charge in [0.15, 0.2) is 0 Å². The highest BCUT2D eigenvalue weighted by Crippen LogP contribution is 2.20. The van der Waals surface area contributed by atoms with Gasteiger partial charge in [-0.15, -0.1) is 11.6 Å². The molecule has 0 aliphatic heterocycles. The predicted octanol–water partition coefficient (Wildman–Crippen LogP) is 3.65. The number of halogens is 1. The first-order chi connectivity index (χ1) is 10.1. The van der Waals surface area contributed by atoms with Gasteiger partial charge in [-0.05, 0) is 30.0 Å². The highest BCUT2D eigenvalue weighted by atomic mass is 35.5. The fraction of sp³-hybridized carbons (Fsp3) is 0.250. The Labute approximate surface area is 131 Å². The molecule has 0 aliphatic rings. The summed E-state index contributed by atoms with van der Waals surface area (Å²) < 4.78 is 26.6. The average Bonchev–Trinajstić information content (AvgIpc) is 2.48. The summed E-state index contributed by atoms with van der Waals surface area (Å²) in [6.45, 7) is 0. The van der Waals surface area contributed by atoms with E-state index in [9.17, 15) is 8.42 Å². The van der Waals surface area contributed by atoms with E-state index >= 15 is 0 Å². The Morgan fingerprint density at radius 3 is 2.33 bits per heavy atom. The van der Waals surface area contributed by atoms with Crippen LogP contribution in [0.25, 0.3) is 0 Å². The van der Waals surface area contributed by atoms with Gasteiger partial charge in [-0.2, -0.15) is 0 Å². The molecule has 3 nitrogen and oxygen atoms in total. The molecule has 0 aromatic heterocycles. The van der Waals surface area contributed by atoms with Crippen LogP contribution in [0.15, 0.2) is 54.6 Å². The number of rotatable bonds is 7. The average molecular weight is 324 g/mol. The van der Waals surface area contributed by atoms with Gasteiger partial charge in [0.25, 0.3) is 0 Å². The van der Waals surface area contributed by atoms with Gasteiger partial charge < -0.3 is 0 Å². The smallest absolute Gasteiger partial charge is 0.232 e. The molecular weight excluding hydrogens is 306 g/mol. The first-order valence-electron chi connectivity index (χ1n) is 6.79. The van der Waals surface area contributed by atoms with Crippen LogP contribution in [-0.2, 0) is 16.4 Å². The van der Waals surface area contributed by atoms with Crippen LogP contribution in [0.1, 0.15) is 17.5 Å². The third-order valence-corrected chi connectivity index (χ3v) is 4.69. The molecule has 0 spiro atoms. The summed E-state index contributed by atoms with van der Waals surface area (Å²) >= 11 is 5.56. The molecule has 0 saturated carbocycles. The zero-order valence-corrected chi connectivity index (χ0v) is 13.2. The fourth-order valence-corrected chi connectivity index (χ4v) is 3.51. The van der Waals surface area contributed by atoms with E-state index in [1.54, 1.807) is 6.07 Å². The Morgan fingerprint density at radius 2 is 1.62 bits per heavy atom. The van der Waals surface area contributed by atoms with Crippen LogP contribution < -0.4 is 4.72 Å². The summed E-state index contributed by atoms with van der Waals surface area (Å²) in [5, 5.41) is 0. The van der Waals surface area contributed by atoms with Gasteiger partial charge in [-0.3, -0.25) is 4.72 Å². The lowest BCUT2D eigenvalue weighted by atomic mass is 10.0. The Balaban J connectivity index is 2.17. The Kier molecular flexibility index (Phi) is 5.65. The molecule has 0 aliphatic carbocycles. The van der Waals surface area contributed by atoms with E-state index in [0.717, 1.165) is 11.1 Å². The molecule has 0 saturated heterocycles. The highest BCUT2D eigenvalue weighted by molar-refractivity contribution is 7.92. The maximum absolute atomic E-state index is 12.0. The van der Waals surface area contributed by atoms with Crippen LogP contribution in [0.2, 0.25) is 0 Å².